The lowest BCUT2D eigenvalue weighted by molar-refractivity contribution is 0.300. The highest BCUT2D eigenvalue weighted by molar-refractivity contribution is 6.42. The molecule has 0 aliphatic rings. The Hall–Kier alpha value is -1.19. The lowest BCUT2D eigenvalue weighted by Gasteiger charge is -2.06. The number of aromatic nitrogens is 2. The van der Waals surface area contributed by atoms with Gasteiger partial charge in [-0.05, 0) is 25.1 Å². The Morgan fingerprint density at radius 3 is 2.76 bits per heavy atom. The second-order valence-corrected chi connectivity index (χ2v) is 4.53. The molecule has 2 rings (SSSR count). The van der Waals surface area contributed by atoms with Crippen molar-refractivity contribution in [2.75, 3.05) is 0 Å². The first-order valence-electron chi connectivity index (χ1n) is 5.14. The highest BCUT2D eigenvalue weighted by Crippen LogP contribution is 2.31. The zero-order valence-electron chi connectivity index (χ0n) is 9.58. The number of nitrogens with zero attached hydrogens (tertiary/aromatic N) is 2. The lowest BCUT2D eigenvalue weighted by Crippen LogP contribution is -1.98. The summed E-state index contributed by atoms with van der Waals surface area (Å²) in [4.78, 5) is 0. The summed E-state index contributed by atoms with van der Waals surface area (Å²) in [6, 6.07) is 7.28. The summed E-state index contributed by atoms with van der Waals surface area (Å²) >= 11 is 11.9. The Morgan fingerprint density at radius 2 is 2.12 bits per heavy atom. The number of ether oxygens (including phenoxy) is 1. The molecule has 0 spiro atoms. The molecule has 0 amide bonds. The molecule has 0 saturated carbocycles. The van der Waals surface area contributed by atoms with Crippen LogP contribution in [0.25, 0.3) is 0 Å². The molecule has 0 N–H and O–H groups in total. The van der Waals surface area contributed by atoms with Gasteiger partial charge in [0.15, 0.2) is 0 Å². The van der Waals surface area contributed by atoms with Crippen LogP contribution in [0.15, 0.2) is 24.3 Å². The normalized spacial score (nSPS) is 10.6. The molecule has 1 aromatic heterocycles. The van der Waals surface area contributed by atoms with Gasteiger partial charge in [0, 0.05) is 12.7 Å². The molecule has 17 heavy (non-hydrogen) atoms. The summed E-state index contributed by atoms with van der Waals surface area (Å²) in [6.07, 6.45) is 0. The van der Waals surface area contributed by atoms with Gasteiger partial charge >= 0.3 is 0 Å². The highest BCUT2D eigenvalue weighted by atomic mass is 35.5. The van der Waals surface area contributed by atoms with Gasteiger partial charge in [0.05, 0.1) is 5.02 Å². The quantitative estimate of drug-likeness (QED) is 0.852. The highest BCUT2D eigenvalue weighted by Gasteiger charge is 2.07. The van der Waals surface area contributed by atoms with Crippen LogP contribution in [0, 0.1) is 6.92 Å². The van der Waals surface area contributed by atoms with Crippen molar-refractivity contribution in [1.82, 2.24) is 9.78 Å². The first-order chi connectivity index (χ1) is 8.08. The third-order valence-corrected chi connectivity index (χ3v) is 3.26. The molecule has 0 fully saturated rings. The SMILES string of the molecule is Cc1cc(COc2cccc(Cl)c2Cl)nn1C. The molecule has 90 valence electrons. The third-order valence-electron chi connectivity index (χ3n) is 2.46. The summed E-state index contributed by atoms with van der Waals surface area (Å²) < 4.78 is 7.38. The fourth-order valence-corrected chi connectivity index (χ4v) is 1.80. The van der Waals surface area contributed by atoms with Crippen LogP contribution in [0.2, 0.25) is 10.0 Å². The second kappa shape index (κ2) is 4.98. The Morgan fingerprint density at radius 1 is 1.35 bits per heavy atom. The molecule has 0 saturated heterocycles. The van der Waals surface area contributed by atoms with E-state index in [4.69, 9.17) is 27.9 Å². The Labute approximate surface area is 110 Å². The first-order valence-corrected chi connectivity index (χ1v) is 5.90. The van der Waals surface area contributed by atoms with E-state index in [0.29, 0.717) is 22.4 Å². The maximum Gasteiger partial charge on any atom is 0.140 e. The maximum atomic E-state index is 6.01. The van der Waals surface area contributed by atoms with Gasteiger partial charge in [0.25, 0.3) is 0 Å². The van der Waals surface area contributed by atoms with Gasteiger partial charge in [0.2, 0.25) is 0 Å². The van der Waals surface area contributed by atoms with Crippen LogP contribution in [0.4, 0.5) is 0 Å². The number of hydrogen-bond donors (Lipinski definition) is 0. The van der Waals surface area contributed by atoms with Gasteiger partial charge in [-0.1, -0.05) is 29.3 Å². The van der Waals surface area contributed by atoms with Crippen molar-refractivity contribution in [2.45, 2.75) is 13.5 Å². The van der Waals surface area contributed by atoms with Crippen molar-refractivity contribution in [3.63, 3.8) is 0 Å². The predicted molar refractivity (Wildman–Crippen MR) is 68.7 cm³/mol. The van der Waals surface area contributed by atoms with Gasteiger partial charge in [-0.2, -0.15) is 5.10 Å². The number of rotatable bonds is 3. The fraction of sp³-hybridized carbons (Fsp3) is 0.250. The Kier molecular flexibility index (Phi) is 3.60. The van der Waals surface area contributed by atoms with Crippen molar-refractivity contribution < 1.29 is 4.74 Å². The van der Waals surface area contributed by atoms with E-state index < -0.39 is 0 Å². The largest absolute Gasteiger partial charge is 0.486 e. The Bertz CT molecular complexity index is 518. The molecule has 5 heteroatoms. The molecular weight excluding hydrogens is 259 g/mol. The van der Waals surface area contributed by atoms with Crippen molar-refractivity contribution in [3.8, 4) is 5.75 Å². The average Bonchev–Trinajstić information content (AvgIpc) is 2.61. The van der Waals surface area contributed by atoms with Crippen LogP contribution in [0.5, 0.6) is 5.75 Å². The standard InChI is InChI=1S/C12H12Cl2N2O/c1-8-6-9(15-16(8)2)7-17-11-5-3-4-10(13)12(11)14/h3-6H,7H2,1-2H3. The molecule has 3 nitrogen and oxygen atoms in total. The van der Waals surface area contributed by atoms with Gasteiger partial charge in [0.1, 0.15) is 23.1 Å². The summed E-state index contributed by atoms with van der Waals surface area (Å²) in [6.45, 7) is 2.37. The van der Waals surface area contributed by atoms with Crippen LogP contribution >= 0.6 is 23.2 Å². The van der Waals surface area contributed by atoms with Gasteiger partial charge in [-0.15, -0.1) is 0 Å². The third kappa shape index (κ3) is 2.73. The van der Waals surface area contributed by atoms with E-state index in [-0.39, 0.29) is 0 Å². The molecule has 0 aliphatic carbocycles. The molecule has 0 bridgehead atoms. The fourth-order valence-electron chi connectivity index (χ4n) is 1.45. The minimum Gasteiger partial charge on any atom is -0.486 e. The van der Waals surface area contributed by atoms with E-state index in [1.54, 1.807) is 22.9 Å². The van der Waals surface area contributed by atoms with Crippen molar-refractivity contribution in [1.29, 1.82) is 0 Å². The minimum absolute atomic E-state index is 0.377. The smallest absolute Gasteiger partial charge is 0.140 e. The predicted octanol–water partition coefficient (Wildman–Crippen LogP) is 3.61. The second-order valence-electron chi connectivity index (χ2n) is 3.74. The molecule has 1 heterocycles. The van der Waals surface area contributed by atoms with Crippen LogP contribution < -0.4 is 4.74 Å². The zero-order valence-corrected chi connectivity index (χ0v) is 11.1. The van der Waals surface area contributed by atoms with Crippen molar-refractivity contribution in [2.24, 2.45) is 7.05 Å². The van der Waals surface area contributed by atoms with E-state index in [9.17, 15) is 0 Å². The summed E-state index contributed by atoms with van der Waals surface area (Å²) in [5.41, 5.74) is 1.95. The molecular formula is C12H12Cl2N2O. The summed E-state index contributed by atoms with van der Waals surface area (Å²) in [5, 5.41) is 5.21. The minimum atomic E-state index is 0.377. The van der Waals surface area contributed by atoms with E-state index >= 15 is 0 Å². The average molecular weight is 271 g/mol. The summed E-state index contributed by atoms with van der Waals surface area (Å²) in [5.74, 6) is 0.572. The monoisotopic (exact) mass is 270 g/mol. The molecule has 0 radical (unpaired) electrons. The summed E-state index contributed by atoms with van der Waals surface area (Å²) in [7, 11) is 1.89. The molecule has 0 unspecified atom stereocenters. The van der Waals surface area contributed by atoms with Gasteiger partial charge in [-0.3, -0.25) is 4.68 Å². The maximum absolute atomic E-state index is 6.01. The number of aryl methyl sites for hydroxylation is 2. The van der Waals surface area contributed by atoms with Gasteiger partial charge in [-0.25, -0.2) is 0 Å². The molecule has 2 aromatic rings. The number of benzene rings is 1. The van der Waals surface area contributed by atoms with Crippen LogP contribution in [0.3, 0.4) is 0 Å². The topological polar surface area (TPSA) is 27.1 Å². The van der Waals surface area contributed by atoms with Crippen LogP contribution in [-0.2, 0) is 13.7 Å². The van der Waals surface area contributed by atoms with E-state index in [1.807, 2.05) is 20.0 Å². The molecule has 0 atom stereocenters. The molecule has 1 aromatic carbocycles. The van der Waals surface area contributed by atoms with Gasteiger partial charge < -0.3 is 4.74 Å². The number of hydrogen-bond acceptors (Lipinski definition) is 2. The van der Waals surface area contributed by atoms with E-state index in [0.717, 1.165) is 11.4 Å². The van der Waals surface area contributed by atoms with Crippen molar-refractivity contribution >= 4 is 23.2 Å². The number of halogens is 2. The van der Waals surface area contributed by atoms with Crippen LogP contribution in [0.1, 0.15) is 11.4 Å². The zero-order chi connectivity index (χ0) is 12.4. The van der Waals surface area contributed by atoms with Crippen LogP contribution in [-0.4, -0.2) is 9.78 Å². The molecule has 0 aliphatic heterocycles. The van der Waals surface area contributed by atoms with Crippen molar-refractivity contribution in [3.05, 3.63) is 45.7 Å². The Balaban J connectivity index is 2.10. The lowest BCUT2D eigenvalue weighted by atomic mass is 10.3. The van der Waals surface area contributed by atoms with E-state index in [2.05, 4.69) is 5.10 Å². The first kappa shape index (κ1) is 12.3. The van der Waals surface area contributed by atoms with E-state index in [1.165, 1.54) is 0 Å².